The predicted octanol–water partition coefficient (Wildman–Crippen LogP) is 2.48. The molecule has 1 rings (SSSR count). The average Bonchev–Trinajstić information content (AvgIpc) is 2.43. The summed E-state index contributed by atoms with van der Waals surface area (Å²) in [7, 11) is 3.75. The number of benzene rings is 1. The number of aryl methyl sites for hydroxylation is 1. The Morgan fingerprint density at radius 2 is 1.79 bits per heavy atom. The van der Waals surface area contributed by atoms with E-state index in [1.807, 2.05) is 19.0 Å². The lowest BCUT2D eigenvalue weighted by atomic mass is 10.1. The molecule has 0 saturated heterocycles. The number of hydrogen-bond donors (Lipinski definition) is 0. The van der Waals surface area contributed by atoms with Gasteiger partial charge < -0.3 is 14.5 Å². The van der Waals surface area contributed by atoms with E-state index in [0.717, 1.165) is 0 Å². The van der Waals surface area contributed by atoms with Gasteiger partial charge in [-0.2, -0.15) is 0 Å². The first-order chi connectivity index (χ1) is 11.0. The molecule has 0 aliphatic heterocycles. The van der Waals surface area contributed by atoms with E-state index in [4.69, 9.17) is 4.74 Å². The highest BCUT2D eigenvalue weighted by Crippen LogP contribution is 2.13. The maximum atomic E-state index is 13.7. The number of hydrogen-bond acceptors (Lipinski definition) is 4. The van der Waals surface area contributed by atoms with Gasteiger partial charge in [-0.3, -0.25) is 9.59 Å². The zero-order valence-electron chi connectivity index (χ0n) is 15.4. The molecular weight excluding hydrogens is 311 g/mol. The van der Waals surface area contributed by atoms with Crippen molar-refractivity contribution in [1.29, 1.82) is 0 Å². The molecule has 0 aromatic heterocycles. The minimum atomic E-state index is -0.622. The molecule has 0 fully saturated rings. The molecule has 0 atom stereocenters. The summed E-state index contributed by atoms with van der Waals surface area (Å²) >= 11 is 0. The van der Waals surface area contributed by atoms with E-state index in [9.17, 15) is 14.0 Å². The number of amides is 1. The zero-order chi connectivity index (χ0) is 18.5. The van der Waals surface area contributed by atoms with Crippen molar-refractivity contribution in [3.05, 3.63) is 35.1 Å². The van der Waals surface area contributed by atoms with Crippen molar-refractivity contribution < 1.29 is 18.7 Å². The van der Waals surface area contributed by atoms with Crippen LogP contribution in [-0.2, 0) is 9.53 Å². The van der Waals surface area contributed by atoms with Gasteiger partial charge in [0.05, 0.1) is 0 Å². The van der Waals surface area contributed by atoms with E-state index in [1.54, 1.807) is 39.8 Å². The molecule has 1 amide bonds. The Labute approximate surface area is 143 Å². The third-order valence-electron chi connectivity index (χ3n) is 3.26. The van der Waals surface area contributed by atoms with Gasteiger partial charge in [0.25, 0.3) is 5.91 Å². The number of nitrogens with zero attached hydrogens (tertiary/aromatic N) is 2. The molecule has 0 N–H and O–H groups in total. The Balaban J connectivity index is 2.92. The molecule has 5 nitrogen and oxygen atoms in total. The van der Waals surface area contributed by atoms with Crippen LogP contribution in [-0.4, -0.2) is 61.0 Å². The summed E-state index contributed by atoms with van der Waals surface area (Å²) in [4.78, 5) is 28.0. The maximum Gasteiger partial charge on any atom is 0.326 e. The number of carbonyl (C=O) groups excluding carboxylic acids is 2. The fourth-order valence-corrected chi connectivity index (χ4v) is 2.01. The molecule has 1 aromatic carbocycles. The quantitative estimate of drug-likeness (QED) is 0.748. The molecule has 0 unspecified atom stereocenters. The number of ether oxygens (including phenoxy) is 1. The number of halogens is 1. The molecule has 0 heterocycles. The van der Waals surface area contributed by atoms with Gasteiger partial charge in [-0.1, -0.05) is 6.07 Å². The molecule has 1 aromatic rings. The highest BCUT2D eigenvalue weighted by molar-refractivity contribution is 5.96. The first kappa shape index (κ1) is 20.1. The van der Waals surface area contributed by atoms with Gasteiger partial charge in [0.15, 0.2) is 0 Å². The van der Waals surface area contributed by atoms with Crippen LogP contribution in [0.3, 0.4) is 0 Å². The summed E-state index contributed by atoms with van der Waals surface area (Å²) < 4.78 is 19.0. The number of esters is 1. The number of rotatable bonds is 6. The minimum absolute atomic E-state index is 0.167. The molecular formula is C18H27FN2O3. The van der Waals surface area contributed by atoms with E-state index < -0.39 is 17.4 Å². The number of carbonyl (C=O) groups is 2. The molecule has 0 saturated carbocycles. The Kier molecular flexibility index (Phi) is 6.90. The van der Waals surface area contributed by atoms with Gasteiger partial charge >= 0.3 is 5.97 Å². The molecule has 0 bridgehead atoms. The maximum absolute atomic E-state index is 13.7. The number of likely N-dealkylation sites (N-methyl/N-ethyl adjacent to an activating group) is 1. The average molecular weight is 338 g/mol. The fourth-order valence-electron chi connectivity index (χ4n) is 2.01. The topological polar surface area (TPSA) is 49.9 Å². The summed E-state index contributed by atoms with van der Waals surface area (Å²) in [6.45, 7) is 7.71. The Hall–Kier alpha value is -1.95. The van der Waals surface area contributed by atoms with Crippen molar-refractivity contribution in [2.24, 2.45) is 0 Å². The van der Waals surface area contributed by atoms with Gasteiger partial charge in [0.2, 0.25) is 0 Å². The van der Waals surface area contributed by atoms with E-state index in [2.05, 4.69) is 0 Å². The van der Waals surface area contributed by atoms with Crippen LogP contribution < -0.4 is 0 Å². The van der Waals surface area contributed by atoms with Crippen molar-refractivity contribution in [2.75, 3.05) is 33.7 Å². The first-order valence-electron chi connectivity index (χ1n) is 7.91. The van der Waals surface area contributed by atoms with E-state index in [1.165, 1.54) is 11.0 Å². The normalized spacial score (nSPS) is 11.5. The van der Waals surface area contributed by atoms with Crippen molar-refractivity contribution in [3.63, 3.8) is 0 Å². The van der Waals surface area contributed by atoms with Gasteiger partial charge in [-0.25, -0.2) is 4.39 Å². The minimum Gasteiger partial charge on any atom is -0.459 e. The lowest BCUT2D eigenvalue weighted by Gasteiger charge is -2.26. The standard InChI is InChI=1S/C18H27FN2O3/c1-13-7-8-14(11-15(13)19)17(23)21(10-9-20(5)6)12-16(22)24-18(2,3)4/h7-8,11H,9-10,12H2,1-6H3. The van der Waals surface area contributed by atoms with Crippen LogP contribution in [0.1, 0.15) is 36.7 Å². The van der Waals surface area contributed by atoms with Crippen LogP contribution in [0, 0.1) is 12.7 Å². The molecule has 0 spiro atoms. The van der Waals surface area contributed by atoms with Crippen molar-refractivity contribution in [2.45, 2.75) is 33.3 Å². The molecule has 6 heteroatoms. The summed E-state index contributed by atoms with van der Waals surface area (Å²) in [5, 5.41) is 0. The Bertz CT molecular complexity index is 594. The second kappa shape index (κ2) is 8.24. The van der Waals surface area contributed by atoms with Crippen LogP contribution in [0.5, 0.6) is 0 Å². The Morgan fingerprint density at radius 3 is 2.29 bits per heavy atom. The van der Waals surface area contributed by atoms with Crippen LogP contribution >= 0.6 is 0 Å². The molecule has 24 heavy (non-hydrogen) atoms. The summed E-state index contributed by atoms with van der Waals surface area (Å²) in [5.74, 6) is -1.31. The van der Waals surface area contributed by atoms with Gasteiger partial charge in [0, 0.05) is 18.7 Å². The zero-order valence-corrected chi connectivity index (χ0v) is 15.4. The lowest BCUT2D eigenvalue weighted by molar-refractivity contribution is -0.155. The highest BCUT2D eigenvalue weighted by atomic mass is 19.1. The fraction of sp³-hybridized carbons (Fsp3) is 0.556. The van der Waals surface area contributed by atoms with Gasteiger partial charge in [-0.15, -0.1) is 0 Å². The molecule has 0 aliphatic carbocycles. The van der Waals surface area contributed by atoms with Crippen molar-refractivity contribution in [3.8, 4) is 0 Å². The van der Waals surface area contributed by atoms with Gasteiger partial charge in [-0.05, 0) is 59.5 Å². The Morgan fingerprint density at radius 1 is 1.17 bits per heavy atom. The largest absolute Gasteiger partial charge is 0.459 e. The monoisotopic (exact) mass is 338 g/mol. The van der Waals surface area contributed by atoms with Crippen molar-refractivity contribution in [1.82, 2.24) is 9.80 Å². The van der Waals surface area contributed by atoms with Crippen LogP contribution in [0.15, 0.2) is 18.2 Å². The van der Waals surface area contributed by atoms with Crippen LogP contribution in [0.4, 0.5) is 4.39 Å². The summed E-state index contributed by atoms with van der Waals surface area (Å²) in [5.41, 5.74) is 0.0718. The second-order valence-corrected chi connectivity index (χ2v) is 7.08. The SMILES string of the molecule is Cc1ccc(C(=O)N(CCN(C)C)CC(=O)OC(C)(C)C)cc1F. The molecule has 0 radical (unpaired) electrons. The molecule has 134 valence electrons. The second-order valence-electron chi connectivity index (χ2n) is 7.08. The third-order valence-corrected chi connectivity index (χ3v) is 3.26. The smallest absolute Gasteiger partial charge is 0.326 e. The third kappa shape index (κ3) is 6.66. The summed E-state index contributed by atoms with van der Waals surface area (Å²) in [6, 6.07) is 4.33. The van der Waals surface area contributed by atoms with Crippen molar-refractivity contribution >= 4 is 11.9 Å². The predicted molar refractivity (Wildman–Crippen MR) is 91.4 cm³/mol. The summed E-state index contributed by atoms with van der Waals surface area (Å²) in [6.07, 6.45) is 0. The van der Waals surface area contributed by atoms with Gasteiger partial charge in [0.1, 0.15) is 18.0 Å². The van der Waals surface area contributed by atoms with Crippen LogP contribution in [0.2, 0.25) is 0 Å². The lowest BCUT2D eigenvalue weighted by Crippen LogP contribution is -2.42. The van der Waals surface area contributed by atoms with E-state index in [-0.39, 0.29) is 18.0 Å². The van der Waals surface area contributed by atoms with E-state index in [0.29, 0.717) is 18.7 Å². The van der Waals surface area contributed by atoms with E-state index >= 15 is 0 Å². The first-order valence-corrected chi connectivity index (χ1v) is 7.91. The highest BCUT2D eigenvalue weighted by Gasteiger charge is 2.23. The molecule has 0 aliphatic rings. The van der Waals surface area contributed by atoms with Crippen LogP contribution in [0.25, 0.3) is 0 Å².